The Morgan fingerprint density at radius 1 is 1.33 bits per heavy atom. The first-order valence-electron chi connectivity index (χ1n) is 5.85. The fourth-order valence-corrected chi connectivity index (χ4v) is 2.07. The Balaban J connectivity index is 2.15. The summed E-state index contributed by atoms with van der Waals surface area (Å²) < 4.78 is 19.5. The molecule has 0 heterocycles. The Bertz CT molecular complexity index is 740. The fourth-order valence-electron chi connectivity index (χ4n) is 1.65. The molecule has 0 bridgehead atoms. The molecule has 4 nitrogen and oxygen atoms in total. The molecular formula is C15H9BrFNO3. The van der Waals surface area contributed by atoms with Gasteiger partial charge >= 0.3 is 5.97 Å². The fraction of sp³-hybridized carbons (Fsp3) is 0.0667. The van der Waals surface area contributed by atoms with E-state index in [4.69, 9.17) is 15.1 Å². The van der Waals surface area contributed by atoms with Crippen molar-refractivity contribution in [3.05, 3.63) is 63.4 Å². The number of carbonyl (C=O) groups is 1. The van der Waals surface area contributed by atoms with Crippen LogP contribution < -0.4 is 4.74 Å². The van der Waals surface area contributed by atoms with Crippen molar-refractivity contribution in [3.8, 4) is 11.8 Å². The van der Waals surface area contributed by atoms with E-state index in [0.29, 0.717) is 10.2 Å². The molecule has 0 aliphatic rings. The summed E-state index contributed by atoms with van der Waals surface area (Å²) in [6.45, 7) is -0.0573. The lowest BCUT2D eigenvalue weighted by Gasteiger charge is -2.09. The van der Waals surface area contributed by atoms with Gasteiger partial charge in [-0.25, -0.2) is 9.18 Å². The van der Waals surface area contributed by atoms with Gasteiger partial charge in [0.2, 0.25) is 0 Å². The Labute approximate surface area is 128 Å². The average molecular weight is 350 g/mol. The number of halogens is 2. The Morgan fingerprint density at radius 2 is 2.10 bits per heavy atom. The van der Waals surface area contributed by atoms with Gasteiger partial charge in [-0.1, -0.05) is 6.07 Å². The second-order valence-electron chi connectivity index (χ2n) is 4.15. The van der Waals surface area contributed by atoms with E-state index in [-0.39, 0.29) is 23.3 Å². The maximum absolute atomic E-state index is 13.7. The standard InChI is InChI=1S/C15H9BrFNO3/c16-13-4-3-11(6-12(13)15(19)20)21-8-10-2-1-9(7-18)5-14(10)17/h1-6H,8H2,(H,19,20). The third-order valence-corrected chi connectivity index (χ3v) is 3.44. The van der Waals surface area contributed by atoms with Crippen LogP contribution in [0, 0.1) is 17.1 Å². The molecule has 0 fully saturated rings. The van der Waals surface area contributed by atoms with Crippen LogP contribution in [0.1, 0.15) is 21.5 Å². The van der Waals surface area contributed by atoms with E-state index in [0.717, 1.165) is 6.07 Å². The zero-order chi connectivity index (χ0) is 15.4. The van der Waals surface area contributed by atoms with Gasteiger partial charge in [-0.15, -0.1) is 0 Å². The Morgan fingerprint density at radius 3 is 2.71 bits per heavy atom. The number of nitrogens with zero attached hydrogens (tertiary/aromatic N) is 1. The van der Waals surface area contributed by atoms with E-state index >= 15 is 0 Å². The summed E-state index contributed by atoms with van der Waals surface area (Å²) >= 11 is 3.13. The van der Waals surface area contributed by atoms with Crippen molar-refractivity contribution in [3.63, 3.8) is 0 Å². The minimum absolute atomic E-state index is 0.0573. The SMILES string of the molecule is N#Cc1ccc(COc2ccc(Br)c(C(=O)O)c2)c(F)c1. The molecular weight excluding hydrogens is 341 g/mol. The van der Waals surface area contributed by atoms with E-state index in [2.05, 4.69) is 15.9 Å². The number of aromatic carboxylic acids is 1. The Hall–Kier alpha value is -2.39. The predicted molar refractivity (Wildman–Crippen MR) is 76.5 cm³/mol. The molecule has 21 heavy (non-hydrogen) atoms. The van der Waals surface area contributed by atoms with Crippen LogP contribution in [0.15, 0.2) is 40.9 Å². The number of carboxylic acids is 1. The summed E-state index contributed by atoms with van der Waals surface area (Å²) in [5.74, 6) is -1.30. The molecule has 2 rings (SSSR count). The average Bonchev–Trinajstić information content (AvgIpc) is 2.47. The zero-order valence-corrected chi connectivity index (χ0v) is 12.2. The van der Waals surface area contributed by atoms with Crippen LogP contribution in [0.2, 0.25) is 0 Å². The number of carboxylic acid groups (broad SMARTS) is 1. The molecule has 0 unspecified atom stereocenters. The van der Waals surface area contributed by atoms with Crippen molar-refractivity contribution in [2.45, 2.75) is 6.61 Å². The molecule has 1 N–H and O–H groups in total. The lowest BCUT2D eigenvalue weighted by atomic mass is 10.1. The van der Waals surface area contributed by atoms with Crippen LogP contribution in [-0.4, -0.2) is 11.1 Å². The maximum Gasteiger partial charge on any atom is 0.336 e. The number of rotatable bonds is 4. The summed E-state index contributed by atoms with van der Waals surface area (Å²) in [6.07, 6.45) is 0. The number of hydrogen-bond donors (Lipinski definition) is 1. The highest BCUT2D eigenvalue weighted by atomic mass is 79.9. The molecule has 0 aromatic heterocycles. The van der Waals surface area contributed by atoms with Crippen molar-refractivity contribution < 1.29 is 19.0 Å². The molecule has 0 amide bonds. The van der Waals surface area contributed by atoms with Crippen molar-refractivity contribution in [2.75, 3.05) is 0 Å². The first-order chi connectivity index (χ1) is 10.0. The van der Waals surface area contributed by atoms with E-state index < -0.39 is 11.8 Å². The summed E-state index contributed by atoms with van der Waals surface area (Å²) in [4.78, 5) is 11.0. The summed E-state index contributed by atoms with van der Waals surface area (Å²) in [6, 6.07) is 10.4. The second kappa shape index (κ2) is 6.37. The van der Waals surface area contributed by atoms with E-state index in [1.165, 1.54) is 18.2 Å². The van der Waals surface area contributed by atoms with Gasteiger partial charge in [-0.3, -0.25) is 0 Å². The lowest BCUT2D eigenvalue weighted by Crippen LogP contribution is -2.02. The number of hydrogen-bond acceptors (Lipinski definition) is 3. The largest absolute Gasteiger partial charge is 0.489 e. The molecule has 0 radical (unpaired) electrons. The lowest BCUT2D eigenvalue weighted by molar-refractivity contribution is 0.0695. The van der Waals surface area contributed by atoms with Gasteiger partial charge in [0, 0.05) is 10.0 Å². The highest BCUT2D eigenvalue weighted by molar-refractivity contribution is 9.10. The predicted octanol–water partition coefficient (Wildman–Crippen LogP) is 3.74. The molecule has 6 heteroatoms. The maximum atomic E-state index is 13.7. The highest BCUT2D eigenvalue weighted by Crippen LogP contribution is 2.23. The van der Waals surface area contributed by atoms with E-state index in [9.17, 15) is 9.18 Å². The normalized spacial score (nSPS) is 9.95. The second-order valence-corrected chi connectivity index (χ2v) is 5.01. The summed E-state index contributed by atoms with van der Waals surface area (Å²) in [7, 11) is 0. The monoisotopic (exact) mass is 349 g/mol. The molecule has 0 aliphatic carbocycles. The molecule has 106 valence electrons. The van der Waals surface area contributed by atoms with Gasteiger partial charge in [0.05, 0.1) is 17.2 Å². The van der Waals surface area contributed by atoms with Crippen LogP contribution >= 0.6 is 15.9 Å². The van der Waals surface area contributed by atoms with E-state index in [1.54, 1.807) is 12.1 Å². The first kappa shape index (κ1) is 15.0. The number of benzene rings is 2. The highest BCUT2D eigenvalue weighted by Gasteiger charge is 2.10. The van der Waals surface area contributed by atoms with Gasteiger partial charge in [-0.05, 0) is 46.3 Å². The third kappa shape index (κ3) is 3.58. The van der Waals surface area contributed by atoms with Crippen molar-refractivity contribution in [1.82, 2.24) is 0 Å². The smallest absolute Gasteiger partial charge is 0.336 e. The molecule has 0 atom stereocenters. The van der Waals surface area contributed by atoms with Gasteiger partial charge in [0.25, 0.3) is 0 Å². The minimum atomic E-state index is -1.09. The summed E-state index contributed by atoms with van der Waals surface area (Å²) in [5.41, 5.74) is 0.578. The van der Waals surface area contributed by atoms with Crippen molar-refractivity contribution in [1.29, 1.82) is 5.26 Å². The van der Waals surface area contributed by atoms with Gasteiger partial charge in [0.1, 0.15) is 18.2 Å². The van der Waals surface area contributed by atoms with Crippen molar-refractivity contribution in [2.24, 2.45) is 0 Å². The van der Waals surface area contributed by atoms with Gasteiger partial charge in [0.15, 0.2) is 0 Å². The van der Waals surface area contributed by atoms with Gasteiger partial charge < -0.3 is 9.84 Å². The quantitative estimate of drug-likeness (QED) is 0.912. The van der Waals surface area contributed by atoms with Crippen LogP contribution in [0.3, 0.4) is 0 Å². The van der Waals surface area contributed by atoms with Crippen LogP contribution in [-0.2, 0) is 6.61 Å². The topological polar surface area (TPSA) is 70.3 Å². The zero-order valence-electron chi connectivity index (χ0n) is 10.6. The third-order valence-electron chi connectivity index (χ3n) is 2.74. The number of nitriles is 1. The van der Waals surface area contributed by atoms with Crippen molar-refractivity contribution >= 4 is 21.9 Å². The van der Waals surface area contributed by atoms with Gasteiger partial charge in [-0.2, -0.15) is 5.26 Å². The molecule has 0 saturated heterocycles. The first-order valence-corrected chi connectivity index (χ1v) is 6.64. The van der Waals surface area contributed by atoms with Crippen LogP contribution in [0.5, 0.6) is 5.75 Å². The Kier molecular flexibility index (Phi) is 4.55. The number of ether oxygens (including phenoxy) is 1. The summed E-state index contributed by atoms with van der Waals surface area (Å²) in [5, 5.41) is 17.7. The molecule has 2 aromatic rings. The molecule has 0 saturated carbocycles. The van der Waals surface area contributed by atoms with Crippen LogP contribution in [0.4, 0.5) is 4.39 Å². The molecule has 2 aromatic carbocycles. The molecule has 0 aliphatic heterocycles. The van der Waals surface area contributed by atoms with Crippen LogP contribution in [0.25, 0.3) is 0 Å². The van der Waals surface area contributed by atoms with E-state index in [1.807, 2.05) is 6.07 Å². The molecule has 0 spiro atoms. The minimum Gasteiger partial charge on any atom is -0.489 e.